The summed E-state index contributed by atoms with van der Waals surface area (Å²) in [7, 11) is 2.05. The molecule has 1 saturated heterocycles. The number of aromatic carboxylic acids is 1. The van der Waals surface area contributed by atoms with E-state index in [0.29, 0.717) is 29.9 Å². The summed E-state index contributed by atoms with van der Waals surface area (Å²) in [5.41, 5.74) is 1.67. The minimum absolute atomic E-state index is 0.0599. The van der Waals surface area contributed by atoms with Crippen molar-refractivity contribution in [2.24, 2.45) is 0 Å². The molecule has 1 aliphatic carbocycles. The molecule has 0 radical (unpaired) electrons. The molecule has 5 rings (SSSR count). The predicted molar refractivity (Wildman–Crippen MR) is 129 cm³/mol. The molecular weight excluding hydrogens is 436 g/mol. The van der Waals surface area contributed by atoms with Gasteiger partial charge >= 0.3 is 5.97 Å². The Morgan fingerprint density at radius 1 is 1.18 bits per heavy atom. The summed E-state index contributed by atoms with van der Waals surface area (Å²) in [6, 6.07) is 11.5. The second-order valence-electron chi connectivity index (χ2n) is 9.19. The van der Waals surface area contributed by atoms with Gasteiger partial charge in [-0.15, -0.1) is 0 Å². The fraction of sp³-hybridized carbons (Fsp3) is 0.360. The van der Waals surface area contributed by atoms with Gasteiger partial charge in [-0.3, -0.25) is 19.8 Å². The topological polar surface area (TPSA) is 109 Å². The molecule has 0 spiro atoms. The van der Waals surface area contributed by atoms with Crippen molar-refractivity contribution >= 4 is 28.2 Å². The lowest BCUT2D eigenvalue weighted by Gasteiger charge is -2.41. The summed E-state index contributed by atoms with van der Waals surface area (Å²) in [5.74, 6) is -1.32. The van der Waals surface area contributed by atoms with Gasteiger partial charge < -0.3 is 14.6 Å². The van der Waals surface area contributed by atoms with Crippen LogP contribution in [0.5, 0.6) is 0 Å². The number of piperazine rings is 1. The molecule has 1 saturated carbocycles. The summed E-state index contributed by atoms with van der Waals surface area (Å²) in [6.45, 7) is 3.70. The number of hydrogen-bond acceptors (Lipinski definition) is 6. The Bertz CT molecular complexity index is 1360. The van der Waals surface area contributed by atoms with Crippen molar-refractivity contribution in [2.75, 3.05) is 31.6 Å². The zero-order chi connectivity index (χ0) is 24.1. The number of pyridine rings is 1. The van der Waals surface area contributed by atoms with Crippen LogP contribution in [0.3, 0.4) is 0 Å². The van der Waals surface area contributed by atoms with Crippen molar-refractivity contribution in [2.45, 2.75) is 31.8 Å². The van der Waals surface area contributed by atoms with Crippen molar-refractivity contribution in [3.8, 4) is 0 Å². The minimum Gasteiger partial charge on any atom is -0.477 e. The van der Waals surface area contributed by atoms with Gasteiger partial charge in [0.15, 0.2) is 0 Å². The smallest absolute Gasteiger partial charge is 0.341 e. The zero-order valence-electron chi connectivity index (χ0n) is 19.1. The number of anilines is 1. The van der Waals surface area contributed by atoms with Gasteiger partial charge in [0.1, 0.15) is 11.3 Å². The number of likely N-dealkylation sites (N-methyl/N-ethyl adjacent to an activating group) is 1. The highest BCUT2D eigenvalue weighted by molar-refractivity contribution is 5.97. The van der Waals surface area contributed by atoms with Crippen LogP contribution in [0.25, 0.3) is 10.9 Å². The van der Waals surface area contributed by atoms with Crippen LogP contribution in [-0.4, -0.2) is 52.1 Å². The maximum absolute atomic E-state index is 13.0. The summed E-state index contributed by atoms with van der Waals surface area (Å²) >= 11 is 0. The zero-order valence-corrected chi connectivity index (χ0v) is 19.1. The fourth-order valence-corrected chi connectivity index (χ4v) is 5.14. The second kappa shape index (κ2) is 8.25. The molecule has 1 aromatic heterocycles. The molecule has 9 nitrogen and oxygen atoms in total. The van der Waals surface area contributed by atoms with E-state index in [1.165, 1.54) is 12.3 Å². The minimum atomic E-state index is -1.32. The van der Waals surface area contributed by atoms with Crippen LogP contribution in [0.15, 0.2) is 47.4 Å². The van der Waals surface area contributed by atoms with Gasteiger partial charge in [0, 0.05) is 43.5 Å². The molecule has 1 N–H and O–H groups in total. The third kappa shape index (κ3) is 3.62. The molecule has 1 aliphatic heterocycles. The molecule has 2 fully saturated rings. The first-order valence-corrected chi connectivity index (χ1v) is 11.4. The maximum atomic E-state index is 13.0. The average molecular weight is 463 g/mol. The van der Waals surface area contributed by atoms with Gasteiger partial charge in [-0.2, -0.15) is 0 Å². The van der Waals surface area contributed by atoms with Crippen molar-refractivity contribution in [3.05, 3.63) is 79.6 Å². The van der Waals surface area contributed by atoms with Crippen LogP contribution in [-0.2, 0) is 0 Å². The van der Waals surface area contributed by atoms with E-state index in [-0.39, 0.29) is 28.7 Å². The SMILES string of the molecule is Cc1c(N2CCN(C)C(c3ccccc3)C2)c([N+](=O)[O-])cc2c(=O)c(C(=O)O)cn(C3CC3)c12. The van der Waals surface area contributed by atoms with E-state index in [9.17, 15) is 24.8 Å². The van der Waals surface area contributed by atoms with E-state index in [0.717, 1.165) is 24.9 Å². The number of carbonyl (C=O) groups is 1. The summed E-state index contributed by atoms with van der Waals surface area (Å²) < 4.78 is 1.84. The van der Waals surface area contributed by atoms with Gasteiger partial charge in [0.25, 0.3) is 5.69 Å². The lowest BCUT2D eigenvalue weighted by atomic mass is 9.99. The Balaban J connectivity index is 1.72. The van der Waals surface area contributed by atoms with Crippen LogP contribution < -0.4 is 10.3 Å². The Labute approximate surface area is 196 Å². The Morgan fingerprint density at radius 3 is 2.50 bits per heavy atom. The van der Waals surface area contributed by atoms with Crippen LogP contribution >= 0.6 is 0 Å². The third-order valence-electron chi connectivity index (χ3n) is 7.02. The molecule has 176 valence electrons. The van der Waals surface area contributed by atoms with Gasteiger partial charge in [-0.25, -0.2) is 4.79 Å². The molecule has 3 aromatic rings. The summed E-state index contributed by atoms with van der Waals surface area (Å²) in [5, 5.41) is 21.8. The quantitative estimate of drug-likeness (QED) is 0.454. The van der Waals surface area contributed by atoms with Crippen LogP contribution in [0.2, 0.25) is 0 Å². The van der Waals surface area contributed by atoms with Crippen molar-refractivity contribution in [3.63, 3.8) is 0 Å². The van der Waals surface area contributed by atoms with Crippen molar-refractivity contribution in [1.82, 2.24) is 9.47 Å². The first-order chi connectivity index (χ1) is 16.3. The molecule has 2 heterocycles. The Kier molecular flexibility index (Phi) is 5.36. The number of carboxylic acids is 1. The number of fused-ring (bicyclic) bond motifs is 1. The molecule has 0 bridgehead atoms. The number of nitro benzene ring substituents is 1. The highest BCUT2D eigenvalue weighted by atomic mass is 16.6. The van der Waals surface area contributed by atoms with E-state index in [1.807, 2.05) is 27.7 Å². The molecule has 34 heavy (non-hydrogen) atoms. The molecule has 2 aliphatic rings. The average Bonchev–Trinajstić information content (AvgIpc) is 3.65. The first-order valence-electron chi connectivity index (χ1n) is 11.4. The number of aryl methyl sites for hydroxylation is 1. The Morgan fingerprint density at radius 2 is 1.88 bits per heavy atom. The van der Waals surface area contributed by atoms with E-state index in [1.54, 1.807) is 6.92 Å². The van der Waals surface area contributed by atoms with Gasteiger partial charge in [-0.1, -0.05) is 30.3 Å². The lowest BCUT2D eigenvalue weighted by Crippen LogP contribution is -2.47. The van der Waals surface area contributed by atoms with Crippen LogP contribution in [0.1, 0.15) is 46.4 Å². The summed E-state index contributed by atoms with van der Waals surface area (Å²) in [4.78, 5) is 40.7. The van der Waals surface area contributed by atoms with E-state index >= 15 is 0 Å². The monoisotopic (exact) mass is 462 g/mol. The molecule has 0 amide bonds. The molecule has 9 heteroatoms. The molecule has 1 unspecified atom stereocenters. The molecular formula is C25H26N4O5. The fourth-order valence-electron chi connectivity index (χ4n) is 5.14. The highest BCUT2D eigenvalue weighted by Crippen LogP contribution is 2.43. The first kappa shape index (κ1) is 22.1. The number of aromatic nitrogens is 1. The summed E-state index contributed by atoms with van der Waals surface area (Å²) in [6.07, 6.45) is 3.17. The van der Waals surface area contributed by atoms with E-state index < -0.39 is 16.3 Å². The van der Waals surface area contributed by atoms with Crippen molar-refractivity contribution in [1.29, 1.82) is 0 Å². The number of benzene rings is 2. The normalized spacial score (nSPS) is 18.9. The molecule has 2 aromatic carbocycles. The number of rotatable bonds is 5. The second-order valence-corrected chi connectivity index (χ2v) is 9.19. The van der Waals surface area contributed by atoms with Gasteiger partial charge in [0.2, 0.25) is 5.43 Å². The van der Waals surface area contributed by atoms with E-state index in [4.69, 9.17) is 0 Å². The number of nitro groups is 1. The van der Waals surface area contributed by atoms with Gasteiger partial charge in [0.05, 0.1) is 21.9 Å². The van der Waals surface area contributed by atoms with Gasteiger partial charge in [-0.05, 0) is 32.4 Å². The lowest BCUT2D eigenvalue weighted by molar-refractivity contribution is -0.384. The highest BCUT2D eigenvalue weighted by Gasteiger charge is 2.34. The molecule has 1 atom stereocenters. The maximum Gasteiger partial charge on any atom is 0.341 e. The van der Waals surface area contributed by atoms with Crippen LogP contribution in [0, 0.1) is 17.0 Å². The standard InChI is InChI=1S/C25H26N4O5/c1-15-22-18(24(30)19(25(31)32)13-28(22)17-8-9-17)12-20(29(33)34)23(15)27-11-10-26(2)21(14-27)16-6-4-3-5-7-16/h3-7,12-13,17,21H,8-11,14H2,1-2H3,(H,31,32). The number of nitrogens with zero attached hydrogens (tertiary/aromatic N) is 4. The largest absolute Gasteiger partial charge is 0.477 e. The predicted octanol–water partition coefficient (Wildman–Crippen LogP) is 3.74. The van der Waals surface area contributed by atoms with Crippen molar-refractivity contribution < 1.29 is 14.8 Å². The van der Waals surface area contributed by atoms with Crippen LogP contribution in [0.4, 0.5) is 11.4 Å². The number of carboxylic acid groups (broad SMARTS) is 1. The van der Waals surface area contributed by atoms with E-state index in [2.05, 4.69) is 24.1 Å². The third-order valence-corrected chi connectivity index (χ3v) is 7.02. The number of hydrogen-bond donors (Lipinski definition) is 1. The Hall–Kier alpha value is -3.72.